The van der Waals surface area contributed by atoms with Crippen molar-refractivity contribution in [2.45, 2.75) is 26.3 Å². The fourth-order valence-corrected chi connectivity index (χ4v) is 2.29. The first kappa shape index (κ1) is 14.2. The van der Waals surface area contributed by atoms with Crippen LogP contribution in [0, 0.1) is 0 Å². The van der Waals surface area contributed by atoms with Crippen LogP contribution in [0.4, 0.5) is 5.82 Å². The number of aromatic hydroxyl groups is 2. The zero-order valence-corrected chi connectivity index (χ0v) is 12.7. The van der Waals surface area contributed by atoms with Gasteiger partial charge in [0, 0.05) is 29.6 Å². The maximum absolute atomic E-state index is 10.1. The van der Waals surface area contributed by atoms with Crippen molar-refractivity contribution < 1.29 is 10.2 Å². The van der Waals surface area contributed by atoms with Crippen LogP contribution in [0.1, 0.15) is 20.8 Å². The standard InChI is InChI=1S/C16H18N4O2/c1-16(2,3)19-15-14(11-5-4-10(21)8-12(11)22)18-13-9-17-6-7-20(13)15/h4-9,19,21-22H,1-3H3. The molecule has 3 aromatic rings. The second kappa shape index (κ2) is 4.91. The van der Waals surface area contributed by atoms with E-state index in [1.54, 1.807) is 18.5 Å². The first-order valence-electron chi connectivity index (χ1n) is 6.98. The third-order valence-electron chi connectivity index (χ3n) is 3.16. The molecule has 0 aliphatic heterocycles. The largest absolute Gasteiger partial charge is 0.508 e. The molecule has 0 radical (unpaired) electrons. The predicted octanol–water partition coefficient (Wildman–Crippen LogP) is 3.02. The molecule has 114 valence electrons. The lowest BCUT2D eigenvalue weighted by molar-refractivity contribution is 0.452. The SMILES string of the molecule is CC(C)(C)Nc1c(-c2ccc(O)cc2O)nc2cnccn12. The molecule has 22 heavy (non-hydrogen) atoms. The summed E-state index contributed by atoms with van der Waals surface area (Å²) in [5, 5.41) is 23.0. The molecule has 0 fully saturated rings. The van der Waals surface area contributed by atoms with Crippen molar-refractivity contribution in [2.75, 3.05) is 5.32 Å². The third kappa shape index (κ3) is 2.55. The van der Waals surface area contributed by atoms with E-state index in [-0.39, 0.29) is 17.0 Å². The molecule has 0 bridgehead atoms. The Kier molecular flexibility index (Phi) is 3.16. The monoisotopic (exact) mass is 298 g/mol. The van der Waals surface area contributed by atoms with Gasteiger partial charge in [-0.15, -0.1) is 0 Å². The summed E-state index contributed by atoms with van der Waals surface area (Å²) in [5.74, 6) is 0.760. The number of nitrogens with one attached hydrogen (secondary N) is 1. The van der Waals surface area contributed by atoms with Gasteiger partial charge < -0.3 is 15.5 Å². The van der Waals surface area contributed by atoms with E-state index in [9.17, 15) is 10.2 Å². The van der Waals surface area contributed by atoms with Crippen molar-refractivity contribution in [3.05, 3.63) is 36.8 Å². The summed E-state index contributed by atoms with van der Waals surface area (Å²) in [4.78, 5) is 8.63. The van der Waals surface area contributed by atoms with E-state index in [0.717, 1.165) is 5.82 Å². The lowest BCUT2D eigenvalue weighted by Gasteiger charge is -2.22. The van der Waals surface area contributed by atoms with Gasteiger partial charge >= 0.3 is 0 Å². The van der Waals surface area contributed by atoms with Crippen molar-refractivity contribution in [1.29, 1.82) is 0 Å². The highest BCUT2D eigenvalue weighted by Gasteiger charge is 2.21. The number of rotatable bonds is 2. The number of nitrogens with zero attached hydrogens (tertiary/aromatic N) is 3. The predicted molar refractivity (Wildman–Crippen MR) is 85.1 cm³/mol. The molecule has 2 heterocycles. The average molecular weight is 298 g/mol. The van der Waals surface area contributed by atoms with Crippen molar-refractivity contribution in [1.82, 2.24) is 14.4 Å². The normalized spacial score (nSPS) is 11.8. The Balaban J connectivity index is 2.26. The first-order valence-corrected chi connectivity index (χ1v) is 6.98. The van der Waals surface area contributed by atoms with E-state index in [1.165, 1.54) is 12.1 Å². The lowest BCUT2D eigenvalue weighted by Crippen LogP contribution is -2.27. The van der Waals surface area contributed by atoms with Gasteiger partial charge in [-0.2, -0.15) is 0 Å². The number of phenolic OH excluding ortho intramolecular Hbond substituents is 2. The highest BCUT2D eigenvalue weighted by atomic mass is 16.3. The maximum atomic E-state index is 10.1. The molecule has 1 aromatic carbocycles. The number of phenols is 2. The van der Waals surface area contributed by atoms with E-state index in [1.807, 2.05) is 31.4 Å². The minimum Gasteiger partial charge on any atom is -0.508 e. The highest BCUT2D eigenvalue weighted by molar-refractivity contribution is 5.80. The quantitative estimate of drug-likeness (QED) is 0.677. The Hall–Kier alpha value is -2.76. The summed E-state index contributed by atoms with van der Waals surface area (Å²) in [5.41, 5.74) is 1.66. The molecule has 0 unspecified atom stereocenters. The molecule has 3 N–H and O–H groups in total. The van der Waals surface area contributed by atoms with Crippen LogP contribution >= 0.6 is 0 Å². The van der Waals surface area contributed by atoms with Crippen LogP contribution in [0.3, 0.4) is 0 Å². The van der Waals surface area contributed by atoms with Crippen LogP contribution in [0.15, 0.2) is 36.8 Å². The Bertz CT molecular complexity index is 834. The van der Waals surface area contributed by atoms with Crippen molar-refractivity contribution in [3.63, 3.8) is 0 Å². The lowest BCUT2D eigenvalue weighted by atomic mass is 10.1. The number of hydrogen-bond acceptors (Lipinski definition) is 5. The number of anilines is 1. The number of aromatic nitrogens is 3. The molecule has 0 amide bonds. The molecule has 0 aliphatic rings. The molecule has 3 rings (SSSR count). The smallest absolute Gasteiger partial charge is 0.157 e. The van der Waals surface area contributed by atoms with Crippen molar-refractivity contribution in [3.8, 4) is 22.8 Å². The molecule has 0 saturated heterocycles. The Morgan fingerprint density at radius 3 is 2.64 bits per heavy atom. The van der Waals surface area contributed by atoms with Gasteiger partial charge in [0.25, 0.3) is 0 Å². The maximum Gasteiger partial charge on any atom is 0.157 e. The van der Waals surface area contributed by atoms with Gasteiger partial charge in [-0.05, 0) is 32.9 Å². The van der Waals surface area contributed by atoms with Crippen LogP contribution in [0.5, 0.6) is 11.5 Å². The first-order chi connectivity index (χ1) is 10.3. The topological polar surface area (TPSA) is 82.7 Å². The summed E-state index contributed by atoms with van der Waals surface area (Å²) in [6.07, 6.45) is 5.16. The highest BCUT2D eigenvalue weighted by Crippen LogP contribution is 2.37. The fourth-order valence-electron chi connectivity index (χ4n) is 2.29. The average Bonchev–Trinajstić information content (AvgIpc) is 2.76. The van der Waals surface area contributed by atoms with Crippen molar-refractivity contribution >= 4 is 11.5 Å². The molecule has 0 aliphatic carbocycles. The van der Waals surface area contributed by atoms with Crippen LogP contribution in [0.25, 0.3) is 16.9 Å². The summed E-state index contributed by atoms with van der Waals surface area (Å²) in [6, 6.07) is 4.48. The van der Waals surface area contributed by atoms with E-state index < -0.39 is 0 Å². The van der Waals surface area contributed by atoms with E-state index in [4.69, 9.17) is 0 Å². The molecule has 0 atom stereocenters. The Labute approximate surface area is 128 Å². The molecule has 6 nitrogen and oxygen atoms in total. The van der Waals surface area contributed by atoms with Gasteiger partial charge in [-0.25, -0.2) is 4.98 Å². The van der Waals surface area contributed by atoms with Gasteiger partial charge in [0.2, 0.25) is 0 Å². The summed E-state index contributed by atoms with van der Waals surface area (Å²) in [7, 11) is 0. The van der Waals surface area contributed by atoms with Crippen LogP contribution in [-0.4, -0.2) is 30.1 Å². The Morgan fingerprint density at radius 2 is 1.95 bits per heavy atom. The number of fused-ring (bicyclic) bond motifs is 1. The fraction of sp³-hybridized carbons (Fsp3) is 0.250. The minimum absolute atomic E-state index is 0.0111. The molecular weight excluding hydrogens is 280 g/mol. The van der Waals surface area contributed by atoms with E-state index in [2.05, 4.69) is 15.3 Å². The van der Waals surface area contributed by atoms with Gasteiger partial charge in [0.05, 0.1) is 6.20 Å². The molecular formula is C16H18N4O2. The minimum atomic E-state index is -0.180. The Morgan fingerprint density at radius 1 is 1.18 bits per heavy atom. The van der Waals surface area contributed by atoms with Crippen LogP contribution in [0.2, 0.25) is 0 Å². The molecule has 6 heteroatoms. The molecule has 0 saturated carbocycles. The van der Waals surface area contributed by atoms with E-state index in [0.29, 0.717) is 16.9 Å². The summed E-state index contributed by atoms with van der Waals surface area (Å²) < 4.78 is 1.89. The number of benzene rings is 1. The van der Waals surface area contributed by atoms with Gasteiger partial charge in [0.15, 0.2) is 5.65 Å². The number of hydrogen-bond donors (Lipinski definition) is 3. The van der Waals surface area contributed by atoms with E-state index >= 15 is 0 Å². The third-order valence-corrected chi connectivity index (χ3v) is 3.16. The van der Waals surface area contributed by atoms with Gasteiger partial charge in [0.1, 0.15) is 23.0 Å². The van der Waals surface area contributed by atoms with Gasteiger partial charge in [-0.3, -0.25) is 9.38 Å². The summed E-state index contributed by atoms with van der Waals surface area (Å²) >= 11 is 0. The zero-order chi connectivity index (χ0) is 15.9. The summed E-state index contributed by atoms with van der Waals surface area (Å²) in [6.45, 7) is 6.15. The second-order valence-electron chi connectivity index (χ2n) is 6.19. The van der Waals surface area contributed by atoms with Gasteiger partial charge in [-0.1, -0.05) is 0 Å². The molecule has 0 spiro atoms. The van der Waals surface area contributed by atoms with Crippen molar-refractivity contribution in [2.24, 2.45) is 0 Å². The van der Waals surface area contributed by atoms with Crippen LogP contribution in [-0.2, 0) is 0 Å². The molecule has 2 aromatic heterocycles. The zero-order valence-electron chi connectivity index (χ0n) is 12.7. The number of imidazole rings is 1. The second-order valence-corrected chi connectivity index (χ2v) is 6.19. The van der Waals surface area contributed by atoms with Crippen LogP contribution < -0.4 is 5.32 Å².